The van der Waals surface area contributed by atoms with Crippen LogP contribution in [0.25, 0.3) is 0 Å². The molecule has 0 radical (unpaired) electrons. The van der Waals surface area contributed by atoms with Crippen LogP contribution in [0.1, 0.15) is 30.4 Å². The molecule has 0 bridgehead atoms. The summed E-state index contributed by atoms with van der Waals surface area (Å²) >= 11 is 3.36. The van der Waals surface area contributed by atoms with Gasteiger partial charge in [0.2, 0.25) is 0 Å². The van der Waals surface area contributed by atoms with E-state index in [4.69, 9.17) is 4.74 Å². The predicted molar refractivity (Wildman–Crippen MR) is 129 cm³/mol. The number of aliphatic hydroxyl groups is 1. The molecule has 4 rings (SSSR count). The molecule has 1 saturated heterocycles. The minimum absolute atomic E-state index is 0.149. The van der Waals surface area contributed by atoms with Crippen LogP contribution in [0.5, 0.6) is 0 Å². The SMILES string of the molecule is O=C1OC(CCCN2CCSCC2)(c2ccccc2)CC(O)=C1SCc1ccccc1. The van der Waals surface area contributed by atoms with Gasteiger partial charge >= 0.3 is 5.97 Å². The monoisotopic (exact) mass is 455 g/mol. The third kappa shape index (κ3) is 5.68. The van der Waals surface area contributed by atoms with Crippen LogP contribution in [0.15, 0.2) is 71.3 Å². The average molecular weight is 456 g/mol. The fourth-order valence-electron chi connectivity index (χ4n) is 4.20. The number of ether oxygens (including phenoxy) is 1. The molecule has 1 atom stereocenters. The van der Waals surface area contributed by atoms with Crippen molar-refractivity contribution in [1.82, 2.24) is 4.90 Å². The number of cyclic esters (lactones) is 1. The van der Waals surface area contributed by atoms with Gasteiger partial charge in [-0.1, -0.05) is 60.7 Å². The molecule has 2 heterocycles. The van der Waals surface area contributed by atoms with E-state index < -0.39 is 11.6 Å². The van der Waals surface area contributed by atoms with Gasteiger partial charge in [-0.2, -0.15) is 11.8 Å². The standard InChI is InChI=1S/C25H29NO3S2/c27-22-18-25(21-10-5-2-6-11-21,12-7-13-26-14-16-30-17-15-26)29-24(28)23(22)31-19-20-8-3-1-4-9-20/h1-6,8-11,27H,7,12-19H2. The van der Waals surface area contributed by atoms with Crippen LogP contribution in [0.3, 0.4) is 0 Å². The minimum atomic E-state index is -0.802. The molecule has 0 aromatic heterocycles. The minimum Gasteiger partial charge on any atom is -0.511 e. The van der Waals surface area contributed by atoms with Crippen molar-refractivity contribution < 1.29 is 14.6 Å². The van der Waals surface area contributed by atoms with Gasteiger partial charge in [0.15, 0.2) is 0 Å². The number of aliphatic hydroxyl groups excluding tert-OH is 1. The van der Waals surface area contributed by atoms with Crippen molar-refractivity contribution in [1.29, 1.82) is 0 Å². The van der Waals surface area contributed by atoms with Gasteiger partial charge < -0.3 is 14.7 Å². The molecule has 0 aliphatic carbocycles. The van der Waals surface area contributed by atoms with Gasteiger partial charge in [0.1, 0.15) is 16.3 Å². The van der Waals surface area contributed by atoms with Crippen LogP contribution < -0.4 is 0 Å². The second-order valence-corrected chi connectivity index (χ2v) is 10.2. The summed E-state index contributed by atoms with van der Waals surface area (Å²) in [7, 11) is 0. The zero-order valence-corrected chi connectivity index (χ0v) is 19.3. The fraction of sp³-hybridized carbons (Fsp3) is 0.400. The third-order valence-corrected chi connectivity index (χ3v) is 7.98. The predicted octanol–water partition coefficient (Wildman–Crippen LogP) is 5.36. The summed E-state index contributed by atoms with van der Waals surface area (Å²) in [4.78, 5) is 15.8. The number of carbonyl (C=O) groups is 1. The normalized spacial score (nSPS) is 22.4. The Morgan fingerprint density at radius 1 is 1.03 bits per heavy atom. The van der Waals surface area contributed by atoms with E-state index in [1.165, 1.54) is 23.3 Å². The van der Waals surface area contributed by atoms with Crippen molar-refractivity contribution in [2.75, 3.05) is 31.1 Å². The summed E-state index contributed by atoms with van der Waals surface area (Å²) in [6, 6.07) is 19.9. The van der Waals surface area contributed by atoms with E-state index >= 15 is 0 Å². The van der Waals surface area contributed by atoms with E-state index in [9.17, 15) is 9.90 Å². The number of esters is 1. The molecular weight excluding hydrogens is 426 g/mol. The Kier molecular flexibility index (Phi) is 7.64. The molecule has 2 aromatic carbocycles. The summed E-state index contributed by atoms with van der Waals surface area (Å²) in [6.45, 7) is 3.23. The lowest BCUT2D eigenvalue weighted by molar-refractivity contribution is -0.160. The van der Waals surface area contributed by atoms with Gasteiger partial charge in [-0.3, -0.25) is 0 Å². The summed E-state index contributed by atoms with van der Waals surface area (Å²) in [5.74, 6) is 2.73. The Labute approximate surface area is 193 Å². The van der Waals surface area contributed by atoms with Crippen LogP contribution in [0, 0.1) is 0 Å². The van der Waals surface area contributed by atoms with Crippen LogP contribution in [0.4, 0.5) is 0 Å². The second-order valence-electron chi connectivity index (χ2n) is 8.03. The smallest absolute Gasteiger partial charge is 0.348 e. The maximum absolute atomic E-state index is 13.0. The van der Waals surface area contributed by atoms with Gasteiger partial charge in [-0.15, -0.1) is 11.8 Å². The molecule has 4 nitrogen and oxygen atoms in total. The molecule has 1 fully saturated rings. The number of nitrogens with zero attached hydrogens (tertiary/aromatic N) is 1. The molecule has 0 amide bonds. The molecule has 6 heteroatoms. The highest BCUT2D eigenvalue weighted by molar-refractivity contribution is 8.03. The van der Waals surface area contributed by atoms with E-state index in [2.05, 4.69) is 4.90 Å². The lowest BCUT2D eigenvalue weighted by Crippen LogP contribution is -2.39. The van der Waals surface area contributed by atoms with Gasteiger partial charge in [-0.25, -0.2) is 4.79 Å². The Hall–Kier alpha value is -1.89. The highest BCUT2D eigenvalue weighted by atomic mass is 32.2. The molecular formula is C25H29NO3S2. The summed E-state index contributed by atoms with van der Waals surface area (Å²) in [5.41, 5.74) is 1.26. The number of thioether (sulfide) groups is 2. The van der Waals surface area contributed by atoms with Crippen molar-refractivity contribution in [3.05, 3.63) is 82.5 Å². The van der Waals surface area contributed by atoms with Gasteiger partial charge in [-0.05, 0) is 30.5 Å². The van der Waals surface area contributed by atoms with Crippen LogP contribution in [-0.4, -0.2) is 47.1 Å². The summed E-state index contributed by atoms with van der Waals surface area (Å²) in [6.07, 6.45) is 1.95. The number of carbonyl (C=O) groups excluding carboxylic acids is 1. The average Bonchev–Trinajstić information content (AvgIpc) is 2.80. The zero-order chi connectivity index (χ0) is 21.5. The molecule has 31 heavy (non-hydrogen) atoms. The van der Waals surface area contributed by atoms with Gasteiger partial charge in [0.05, 0.1) is 6.42 Å². The molecule has 0 saturated carbocycles. The molecule has 1 N–H and O–H groups in total. The fourth-order valence-corrected chi connectivity index (χ4v) is 6.08. The Morgan fingerprint density at radius 2 is 1.71 bits per heavy atom. The maximum Gasteiger partial charge on any atom is 0.348 e. The van der Waals surface area contributed by atoms with Crippen molar-refractivity contribution >= 4 is 29.5 Å². The van der Waals surface area contributed by atoms with Crippen LogP contribution in [-0.2, 0) is 20.9 Å². The largest absolute Gasteiger partial charge is 0.511 e. The van der Waals surface area contributed by atoms with Gasteiger partial charge in [0.25, 0.3) is 0 Å². The molecule has 2 aromatic rings. The number of hydrogen-bond acceptors (Lipinski definition) is 6. The van der Waals surface area contributed by atoms with E-state index in [0.717, 1.165) is 37.2 Å². The topological polar surface area (TPSA) is 49.8 Å². The van der Waals surface area contributed by atoms with E-state index in [1.54, 1.807) is 0 Å². The maximum atomic E-state index is 13.0. The van der Waals surface area contributed by atoms with E-state index in [-0.39, 0.29) is 5.76 Å². The highest BCUT2D eigenvalue weighted by Gasteiger charge is 2.43. The molecule has 1 unspecified atom stereocenters. The van der Waals surface area contributed by atoms with E-state index in [0.29, 0.717) is 23.5 Å². The molecule has 2 aliphatic heterocycles. The van der Waals surface area contributed by atoms with Crippen LogP contribution in [0.2, 0.25) is 0 Å². The Morgan fingerprint density at radius 3 is 2.39 bits per heavy atom. The third-order valence-electron chi connectivity index (χ3n) is 5.87. The van der Waals surface area contributed by atoms with E-state index in [1.807, 2.05) is 72.4 Å². The lowest BCUT2D eigenvalue weighted by atomic mass is 9.83. The first-order valence-electron chi connectivity index (χ1n) is 10.8. The Balaban J connectivity index is 1.49. The van der Waals surface area contributed by atoms with Crippen molar-refractivity contribution in [3.63, 3.8) is 0 Å². The summed E-state index contributed by atoms with van der Waals surface area (Å²) in [5, 5.41) is 10.9. The first-order valence-corrected chi connectivity index (χ1v) is 13.0. The molecule has 2 aliphatic rings. The van der Waals surface area contributed by atoms with Crippen LogP contribution >= 0.6 is 23.5 Å². The zero-order valence-electron chi connectivity index (χ0n) is 17.7. The molecule has 0 spiro atoms. The van der Waals surface area contributed by atoms with Crippen molar-refractivity contribution in [2.45, 2.75) is 30.6 Å². The lowest BCUT2D eigenvalue weighted by Gasteiger charge is -2.38. The van der Waals surface area contributed by atoms with Crippen molar-refractivity contribution in [2.24, 2.45) is 0 Å². The number of rotatable bonds is 8. The second kappa shape index (κ2) is 10.6. The molecule has 164 valence electrons. The Bertz CT molecular complexity index is 897. The quantitative estimate of drug-likeness (QED) is 0.541. The first-order chi connectivity index (χ1) is 15.2. The van der Waals surface area contributed by atoms with Gasteiger partial charge in [0, 0.05) is 30.3 Å². The number of hydrogen-bond donors (Lipinski definition) is 1. The van der Waals surface area contributed by atoms with Crippen molar-refractivity contribution in [3.8, 4) is 0 Å². The highest BCUT2D eigenvalue weighted by Crippen LogP contribution is 2.44. The first kappa shape index (κ1) is 22.3. The summed E-state index contributed by atoms with van der Waals surface area (Å²) < 4.78 is 6.12. The number of benzene rings is 2.